The third-order valence-electron chi connectivity index (χ3n) is 2.51. The van der Waals surface area contributed by atoms with Crippen LogP contribution in [0.15, 0.2) is 0 Å². The molecule has 0 aromatic rings. The molecule has 0 spiro atoms. The summed E-state index contributed by atoms with van der Waals surface area (Å²) in [4.78, 5) is 10.6. The molecule has 0 saturated heterocycles. The Labute approximate surface area is 75.3 Å². The minimum atomic E-state index is -4.63. The van der Waals surface area contributed by atoms with Crippen LogP contribution in [-0.2, 0) is 4.79 Å². The summed E-state index contributed by atoms with van der Waals surface area (Å²) in [5, 5.41) is 0. The molecule has 1 nitrogen and oxygen atoms in total. The van der Waals surface area contributed by atoms with Crippen LogP contribution >= 0.6 is 0 Å². The Balaban J connectivity index is 2.35. The fourth-order valence-electron chi connectivity index (χ4n) is 1.77. The minimum absolute atomic E-state index is 0.0251. The van der Waals surface area contributed by atoms with Crippen molar-refractivity contribution in [2.24, 2.45) is 5.92 Å². The Hall–Kier alpha value is -0.540. The van der Waals surface area contributed by atoms with E-state index in [2.05, 4.69) is 0 Å². The molecule has 1 fully saturated rings. The minimum Gasteiger partial charge on any atom is -0.290 e. The normalized spacial score (nSPS) is 20.2. The van der Waals surface area contributed by atoms with Crippen molar-refractivity contribution in [3.63, 3.8) is 0 Å². The van der Waals surface area contributed by atoms with E-state index < -0.39 is 12.0 Å². The molecule has 0 radical (unpaired) electrons. The summed E-state index contributed by atoms with van der Waals surface area (Å²) >= 11 is 0. The molecule has 4 heteroatoms. The molecular weight excluding hydrogens is 181 g/mol. The molecule has 0 aromatic heterocycles. The van der Waals surface area contributed by atoms with Crippen molar-refractivity contribution in [1.29, 1.82) is 0 Å². The zero-order valence-corrected chi connectivity index (χ0v) is 7.36. The van der Waals surface area contributed by atoms with Crippen molar-refractivity contribution in [1.82, 2.24) is 0 Å². The van der Waals surface area contributed by atoms with Crippen molar-refractivity contribution in [3.8, 4) is 0 Å². The number of ketones is 1. The van der Waals surface area contributed by atoms with Gasteiger partial charge in [-0.15, -0.1) is 0 Å². The summed E-state index contributed by atoms with van der Waals surface area (Å²) in [6, 6.07) is 0. The van der Waals surface area contributed by atoms with Gasteiger partial charge >= 0.3 is 6.18 Å². The molecule has 0 aliphatic heterocycles. The number of alkyl halides is 3. The van der Waals surface area contributed by atoms with Gasteiger partial charge in [0, 0.05) is 6.42 Å². The number of hydrogen-bond acceptors (Lipinski definition) is 1. The number of halogens is 3. The van der Waals surface area contributed by atoms with E-state index in [0.29, 0.717) is 0 Å². The molecule has 0 atom stereocenters. The highest BCUT2D eigenvalue weighted by Crippen LogP contribution is 2.29. The van der Waals surface area contributed by atoms with Crippen molar-refractivity contribution >= 4 is 5.78 Å². The largest absolute Gasteiger partial charge is 0.449 e. The van der Waals surface area contributed by atoms with Crippen LogP contribution in [-0.4, -0.2) is 12.0 Å². The maximum atomic E-state index is 11.9. The summed E-state index contributed by atoms with van der Waals surface area (Å²) in [5.74, 6) is -1.58. The van der Waals surface area contributed by atoms with Gasteiger partial charge in [-0.1, -0.05) is 32.1 Å². The molecule has 0 aromatic carbocycles. The molecule has 1 aliphatic carbocycles. The molecule has 1 rings (SSSR count). The molecule has 0 amide bonds. The van der Waals surface area contributed by atoms with Crippen LogP contribution in [0.4, 0.5) is 13.2 Å². The Morgan fingerprint density at radius 3 is 2.15 bits per heavy atom. The molecule has 0 unspecified atom stereocenters. The van der Waals surface area contributed by atoms with E-state index in [9.17, 15) is 18.0 Å². The Bertz CT molecular complexity index is 180. The van der Waals surface area contributed by atoms with E-state index in [1.807, 2.05) is 0 Å². The van der Waals surface area contributed by atoms with Crippen LogP contribution in [0.1, 0.15) is 38.5 Å². The predicted molar refractivity (Wildman–Crippen MR) is 42.3 cm³/mol. The average molecular weight is 194 g/mol. The quantitative estimate of drug-likeness (QED) is 0.660. The maximum absolute atomic E-state index is 11.9. The lowest BCUT2D eigenvalue weighted by molar-refractivity contribution is -0.172. The predicted octanol–water partition coefficient (Wildman–Crippen LogP) is 3.09. The van der Waals surface area contributed by atoms with Gasteiger partial charge in [-0.2, -0.15) is 13.2 Å². The van der Waals surface area contributed by atoms with Crippen LogP contribution < -0.4 is 0 Å². The smallest absolute Gasteiger partial charge is 0.290 e. The molecule has 1 aliphatic rings. The lowest BCUT2D eigenvalue weighted by atomic mass is 9.86. The summed E-state index contributed by atoms with van der Waals surface area (Å²) < 4.78 is 35.6. The first-order valence-corrected chi connectivity index (χ1v) is 4.60. The van der Waals surface area contributed by atoms with Gasteiger partial charge in [0.25, 0.3) is 0 Å². The topological polar surface area (TPSA) is 17.1 Å². The first kappa shape index (κ1) is 10.5. The third kappa shape index (κ3) is 3.36. The van der Waals surface area contributed by atoms with Crippen molar-refractivity contribution in [2.45, 2.75) is 44.7 Å². The van der Waals surface area contributed by atoms with E-state index in [0.717, 1.165) is 32.1 Å². The second-order valence-corrected chi connectivity index (χ2v) is 3.63. The lowest BCUT2D eigenvalue weighted by Gasteiger charge is -2.20. The first-order chi connectivity index (χ1) is 6.00. The fourth-order valence-corrected chi connectivity index (χ4v) is 1.77. The number of hydrogen-bond donors (Lipinski definition) is 0. The van der Waals surface area contributed by atoms with Gasteiger partial charge in [0.1, 0.15) is 0 Å². The molecular formula is C9H13F3O. The second-order valence-electron chi connectivity index (χ2n) is 3.63. The van der Waals surface area contributed by atoms with E-state index in [1.165, 1.54) is 0 Å². The van der Waals surface area contributed by atoms with Crippen LogP contribution in [0.3, 0.4) is 0 Å². The monoisotopic (exact) mass is 194 g/mol. The molecule has 0 N–H and O–H groups in total. The number of carbonyl (C=O) groups excluding carboxylic acids is 1. The van der Waals surface area contributed by atoms with Gasteiger partial charge in [-0.3, -0.25) is 4.79 Å². The standard InChI is InChI=1S/C9H13F3O/c10-9(11,12)8(13)6-7-4-2-1-3-5-7/h7H,1-6H2. The van der Waals surface area contributed by atoms with Gasteiger partial charge in [0.15, 0.2) is 0 Å². The summed E-state index contributed by atoms with van der Waals surface area (Å²) in [5.41, 5.74) is 0. The second kappa shape index (κ2) is 4.11. The van der Waals surface area contributed by atoms with E-state index >= 15 is 0 Å². The molecule has 0 bridgehead atoms. The fraction of sp³-hybridized carbons (Fsp3) is 0.889. The van der Waals surface area contributed by atoms with E-state index in [1.54, 1.807) is 0 Å². The SMILES string of the molecule is O=C(CC1CCCCC1)C(F)(F)F. The van der Waals surface area contributed by atoms with Crippen LogP contribution in [0.25, 0.3) is 0 Å². The molecule has 76 valence electrons. The summed E-state index contributed by atoms with van der Waals surface area (Å²) in [6.07, 6.45) is -0.340. The average Bonchev–Trinajstić information content (AvgIpc) is 2.04. The van der Waals surface area contributed by atoms with Gasteiger partial charge in [-0.05, 0) is 5.92 Å². The molecule has 0 heterocycles. The van der Waals surface area contributed by atoms with Crippen molar-refractivity contribution < 1.29 is 18.0 Å². The van der Waals surface area contributed by atoms with E-state index in [4.69, 9.17) is 0 Å². The van der Waals surface area contributed by atoms with E-state index in [-0.39, 0.29) is 12.3 Å². The third-order valence-corrected chi connectivity index (χ3v) is 2.51. The molecule has 13 heavy (non-hydrogen) atoms. The van der Waals surface area contributed by atoms with Crippen LogP contribution in [0, 0.1) is 5.92 Å². The number of carbonyl (C=O) groups is 1. The maximum Gasteiger partial charge on any atom is 0.449 e. The Morgan fingerprint density at radius 1 is 1.15 bits per heavy atom. The highest BCUT2D eigenvalue weighted by atomic mass is 19.4. The zero-order valence-electron chi connectivity index (χ0n) is 7.36. The Morgan fingerprint density at radius 2 is 1.69 bits per heavy atom. The Kier molecular flexibility index (Phi) is 3.33. The van der Waals surface area contributed by atoms with Gasteiger partial charge in [0.05, 0.1) is 0 Å². The first-order valence-electron chi connectivity index (χ1n) is 4.60. The van der Waals surface area contributed by atoms with Crippen molar-refractivity contribution in [3.05, 3.63) is 0 Å². The summed E-state index contributed by atoms with van der Waals surface area (Å²) in [7, 11) is 0. The van der Waals surface area contributed by atoms with Gasteiger partial charge in [-0.25, -0.2) is 0 Å². The van der Waals surface area contributed by atoms with Gasteiger partial charge in [0.2, 0.25) is 5.78 Å². The highest BCUT2D eigenvalue weighted by molar-refractivity contribution is 5.84. The van der Waals surface area contributed by atoms with Crippen molar-refractivity contribution in [2.75, 3.05) is 0 Å². The summed E-state index contributed by atoms with van der Waals surface area (Å²) in [6.45, 7) is 0. The highest BCUT2D eigenvalue weighted by Gasteiger charge is 2.39. The van der Waals surface area contributed by atoms with Gasteiger partial charge < -0.3 is 0 Å². The lowest BCUT2D eigenvalue weighted by Crippen LogP contribution is -2.25. The molecule has 1 saturated carbocycles. The number of rotatable bonds is 2. The zero-order chi connectivity index (χ0) is 9.90. The number of Topliss-reactive ketones (excluding diaryl/α,β-unsaturated/α-hetero) is 1. The van der Waals surface area contributed by atoms with Crippen LogP contribution in [0.2, 0.25) is 0 Å². The van der Waals surface area contributed by atoms with Crippen LogP contribution in [0.5, 0.6) is 0 Å².